The van der Waals surface area contributed by atoms with Gasteiger partial charge < -0.3 is 5.32 Å². The van der Waals surface area contributed by atoms with Gasteiger partial charge in [0.05, 0.1) is 11.4 Å². The summed E-state index contributed by atoms with van der Waals surface area (Å²) in [6, 6.07) is 2.94. The molecule has 0 aliphatic carbocycles. The summed E-state index contributed by atoms with van der Waals surface area (Å²) in [6.45, 7) is 2.82. The number of aromatic amines is 1. The van der Waals surface area contributed by atoms with Gasteiger partial charge in [0, 0.05) is 18.8 Å². The van der Waals surface area contributed by atoms with E-state index >= 15 is 0 Å². The van der Waals surface area contributed by atoms with Gasteiger partial charge in [-0.15, -0.1) is 0 Å². The fourth-order valence-corrected chi connectivity index (χ4v) is 2.49. The highest BCUT2D eigenvalue weighted by Gasteiger charge is 2.15. The van der Waals surface area contributed by atoms with Gasteiger partial charge in [-0.3, -0.25) is 5.10 Å². The van der Waals surface area contributed by atoms with Crippen molar-refractivity contribution < 1.29 is 8.42 Å². The molecular formula is C11H16N6O2S. The maximum atomic E-state index is 12.1. The number of nitrogens with zero attached hydrogens (tertiary/aromatic N) is 3. The quantitative estimate of drug-likeness (QED) is 0.686. The summed E-state index contributed by atoms with van der Waals surface area (Å²) in [6.07, 6.45) is 3.71. The molecule has 0 unspecified atom stereocenters. The van der Waals surface area contributed by atoms with Crippen LogP contribution < -0.4 is 10.0 Å². The van der Waals surface area contributed by atoms with Gasteiger partial charge in [-0.25, -0.2) is 23.1 Å². The van der Waals surface area contributed by atoms with Crippen molar-refractivity contribution in [2.24, 2.45) is 0 Å². The number of sulfonamides is 1. The predicted octanol–water partition coefficient (Wildman–Crippen LogP) is 0.500. The lowest BCUT2D eigenvalue weighted by Gasteiger charge is -2.08. The number of aromatic nitrogens is 4. The van der Waals surface area contributed by atoms with Crippen molar-refractivity contribution in [2.45, 2.75) is 24.8 Å². The zero-order chi connectivity index (χ0) is 14.4. The number of hydrogen-bond donors (Lipinski definition) is 3. The average molecular weight is 296 g/mol. The van der Waals surface area contributed by atoms with Crippen LogP contribution in [0.25, 0.3) is 0 Å². The Bertz CT molecular complexity index is 641. The number of H-pyrrole nitrogens is 1. The number of hydrogen-bond acceptors (Lipinski definition) is 6. The third-order valence-corrected chi connectivity index (χ3v) is 3.89. The van der Waals surface area contributed by atoms with Crippen LogP contribution in [0.1, 0.15) is 19.2 Å². The molecule has 0 radical (unpaired) electrons. The Balaban J connectivity index is 2.08. The first-order valence-corrected chi connectivity index (χ1v) is 7.64. The third kappa shape index (κ3) is 3.75. The van der Waals surface area contributed by atoms with Crippen LogP contribution in [0, 0.1) is 0 Å². The van der Waals surface area contributed by atoms with Crippen molar-refractivity contribution in [3.8, 4) is 0 Å². The van der Waals surface area contributed by atoms with Gasteiger partial charge in [-0.2, -0.15) is 5.10 Å². The lowest BCUT2D eigenvalue weighted by Crippen LogP contribution is -2.24. The minimum absolute atomic E-state index is 0.0579. The Morgan fingerprint density at radius 2 is 2.20 bits per heavy atom. The Kier molecular flexibility index (Phi) is 4.64. The molecule has 0 spiro atoms. The molecule has 0 bridgehead atoms. The Labute approximate surface area is 117 Å². The maximum absolute atomic E-state index is 12.1. The van der Waals surface area contributed by atoms with Crippen LogP contribution in [-0.4, -0.2) is 35.1 Å². The molecule has 2 aromatic rings. The molecule has 0 atom stereocenters. The molecule has 2 aromatic heterocycles. The molecule has 8 nitrogen and oxygen atoms in total. The number of nitrogens with one attached hydrogen (secondary N) is 3. The van der Waals surface area contributed by atoms with Crippen LogP contribution >= 0.6 is 0 Å². The fourth-order valence-electron chi connectivity index (χ4n) is 1.49. The largest absolute Gasteiger partial charge is 0.370 e. The Morgan fingerprint density at radius 3 is 2.90 bits per heavy atom. The smallest absolute Gasteiger partial charge is 0.241 e. The normalized spacial score (nSPS) is 11.4. The molecule has 108 valence electrons. The van der Waals surface area contributed by atoms with E-state index in [1.54, 1.807) is 0 Å². The second-order valence-corrected chi connectivity index (χ2v) is 5.83. The average Bonchev–Trinajstić information content (AvgIpc) is 2.97. The van der Waals surface area contributed by atoms with Gasteiger partial charge in [0.1, 0.15) is 18.0 Å². The van der Waals surface area contributed by atoms with E-state index in [2.05, 4.69) is 30.2 Å². The van der Waals surface area contributed by atoms with Crippen molar-refractivity contribution in [3.63, 3.8) is 0 Å². The van der Waals surface area contributed by atoms with E-state index in [-0.39, 0.29) is 11.4 Å². The van der Waals surface area contributed by atoms with E-state index in [4.69, 9.17) is 0 Å². The number of anilines is 1. The lowest BCUT2D eigenvalue weighted by molar-refractivity contribution is 0.579. The molecule has 2 heterocycles. The van der Waals surface area contributed by atoms with Gasteiger partial charge in [0.15, 0.2) is 0 Å². The topological polar surface area (TPSA) is 113 Å². The van der Waals surface area contributed by atoms with E-state index in [0.29, 0.717) is 11.6 Å². The van der Waals surface area contributed by atoms with E-state index < -0.39 is 10.0 Å². The van der Waals surface area contributed by atoms with Crippen LogP contribution in [-0.2, 0) is 16.6 Å². The van der Waals surface area contributed by atoms with E-state index in [0.717, 1.165) is 13.0 Å². The standard InChI is InChI=1S/C11H16N6O2S/c1-2-4-12-10-6-9(3-5-13-10)20(18,19)16-7-11-14-8-15-17-11/h3,5-6,8,16H,2,4,7H2,1H3,(H,12,13)(H,14,15,17). The lowest BCUT2D eigenvalue weighted by atomic mass is 10.4. The summed E-state index contributed by atoms with van der Waals surface area (Å²) in [5, 5.41) is 9.28. The summed E-state index contributed by atoms with van der Waals surface area (Å²) in [5.41, 5.74) is 0. The fraction of sp³-hybridized carbons (Fsp3) is 0.364. The summed E-state index contributed by atoms with van der Waals surface area (Å²) in [7, 11) is -3.60. The molecule has 3 N–H and O–H groups in total. The number of rotatable bonds is 7. The number of pyridine rings is 1. The molecule has 0 aromatic carbocycles. The zero-order valence-electron chi connectivity index (χ0n) is 11.0. The van der Waals surface area contributed by atoms with Crippen molar-refractivity contribution in [3.05, 3.63) is 30.5 Å². The molecule has 9 heteroatoms. The molecule has 0 amide bonds. The van der Waals surface area contributed by atoms with Crippen LogP contribution in [0.2, 0.25) is 0 Å². The van der Waals surface area contributed by atoms with Crippen LogP contribution in [0.15, 0.2) is 29.6 Å². The molecule has 0 fully saturated rings. The van der Waals surface area contributed by atoms with Crippen molar-refractivity contribution in [1.82, 2.24) is 24.9 Å². The summed E-state index contributed by atoms with van der Waals surface area (Å²) in [5.74, 6) is 0.987. The molecule has 0 aliphatic heterocycles. The second kappa shape index (κ2) is 6.44. The summed E-state index contributed by atoms with van der Waals surface area (Å²) < 4.78 is 26.7. The highest BCUT2D eigenvalue weighted by molar-refractivity contribution is 7.89. The Hall–Kier alpha value is -2.00. The first-order valence-electron chi connectivity index (χ1n) is 6.15. The van der Waals surface area contributed by atoms with Gasteiger partial charge in [0.25, 0.3) is 0 Å². The first kappa shape index (κ1) is 14.4. The van der Waals surface area contributed by atoms with E-state index in [9.17, 15) is 8.42 Å². The maximum Gasteiger partial charge on any atom is 0.241 e. The van der Waals surface area contributed by atoms with Crippen molar-refractivity contribution >= 4 is 15.8 Å². The van der Waals surface area contributed by atoms with Crippen LogP contribution in [0.4, 0.5) is 5.82 Å². The predicted molar refractivity (Wildman–Crippen MR) is 73.4 cm³/mol. The van der Waals surface area contributed by atoms with Gasteiger partial charge in [0.2, 0.25) is 10.0 Å². The van der Waals surface area contributed by atoms with Gasteiger partial charge >= 0.3 is 0 Å². The molecule has 0 saturated carbocycles. The zero-order valence-corrected chi connectivity index (χ0v) is 11.8. The van der Waals surface area contributed by atoms with Gasteiger partial charge in [-0.05, 0) is 12.5 Å². The van der Waals surface area contributed by atoms with Crippen molar-refractivity contribution in [2.75, 3.05) is 11.9 Å². The van der Waals surface area contributed by atoms with E-state index in [1.165, 1.54) is 24.7 Å². The van der Waals surface area contributed by atoms with E-state index in [1.807, 2.05) is 6.92 Å². The van der Waals surface area contributed by atoms with Crippen LogP contribution in [0.5, 0.6) is 0 Å². The molecule has 20 heavy (non-hydrogen) atoms. The van der Waals surface area contributed by atoms with Gasteiger partial charge in [-0.1, -0.05) is 6.92 Å². The highest BCUT2D eigenvalue weighted by Crippen LogP contribution is 2.12. The third-order valence-electron chi connectivity index (χ3n) is 2.49. The molecule has 0 saturated heterocycles. The summed E-state index contributed by atoms with van der Waals surface area (Å²) in [4.78, 5) is 8.08. The minimum Gasteiger partial charge on any atom is -0.370 e. The van der Waals surface area contributed by atoms with Crippen molar-refractivity contribution in [1.29, 1.82) is 0 Å². The monoisotopic (exact) mass is 296 g/mol. The minimum atomic E-state index is -3.60. The molecular weight excluding hydrogens is 280 g/mol. The Morgan fingerprint density at radius 1 is 1.35 bits per heavy atom. The molecule has 0 aliphatic rings. The van der Waals surface area contributed by atoms with Crippen LogP contribution in [0.3, 0.4) is 0 Å². The first-order chi connectivity index (χ1) is 9.62. The summed E-state index contributed by atoms with van der Waals surface area (Å²) >= 11 is 0. The highest BCUT2D eigenvalue weighted by atomic mass is 32.2. The SMILES string of the molecule is CCCNc1cc(S(=O)(=O)NCc2ncn[nH]2)ccn1. The molecule has 2 rings (SSSR count). The second-order valence-electron chi connectivity index (χ2n) is 4.06.